The van der Waals surface area contributed by atoms with Crippen LogP contribution in [-0.4, -0.2) is 20.7 Å². The van der Waals surface area contributed by atoms with Crippen LogP contribution in [0.25, 0.3) is 16.9 Å². The number of nitrogens with zero attached hydrogens (tertiary/aromatic N) is 3. The molecule has 1 amide bonds. The molecule has 0 saturated carbocycles. The summed E-state index contributed by atoms with van der Waals surface area (Å²) in [4.78, 5) is 15.9. The largest absolute Gasteiger partial charge is 0.453 e. The van der Waals surface area contributed by atoms with Crippen LogP contribution in [0.15, 0.2) is 60.8 Å². The van der Waals surface area contributed by atoms with E-state index in [2.05, 4.69) is 10.1 Å². The molecule has 2 heterocycles. The summed E-state index contributed by atoms with van der Waals surface area (Å²) < 4.78 is 21.7. The maximum Gasteiger partial charge on any atom is 0.254 e. The normalized spacial score (nSPS) is 10.8. The number of hydrogen-bond donors (Lipinski definition) is 2. The molecule has 0 saturated heterocycles. The SMILES string of the molecule is NC(=O)c1c(-c2ccc(Oc3ccnc(N)c3Cl)c(F)c2)nn(-c2ccccc2)c1Cl. The summed E-state index contributed by atoms with van der Waals surface area (Å²) in [6.45, 7) is 0. The van der Waals surface area contributed by atoms with Gasteiger partial charge in [-0.3, -0.25) is 4.79 Å². The van der Waals surface area contributed by atoms with Crippen LogP contribution in [0.1, 0.15) is 10.4 Å². The van der Waals surface area contributed by atoms with Crippen molar-refractivity contribution < 1.29 is 13.9 Å². The Bertz CT molecular complexity index is 1290. The standard InChI is InChI=1S/C21H14Cl2FN5O2/c22-17-15(8-9-27-20(17)25)31-14-7-6-11(10-13(14)24)18-16(21(26)30)19(23)29(28-18)12-4-2-1-3-5-12/h1-10H,(H2,25,27)(H2,26,30). The van der Waals surface area contributed by atoms with E-state index in [1.165, 1.54) is 29.1 Å². The molecule has 0 aliphatic rings. The van der Waals surface area contributed by atoms with Gasteiger partial charge >= 0.3 is 0 Å². The number of nitrogen functional groups attached to an aromatic ring is 1. The van der Waals surface area contributed by atoms with Gasteiger partial charge in [-0.2, -0.15) is 5.10 Å². The molecule has 2 aromatic heterocycles. The van der Waals surface area contributed by atoms with Crippen molar-refractivity contribution in [2.24, 2.45) is 5.73 Å². The zero-order valence-electron chi connectivity index (χ0n) is 15.7. The number of carbonyl (C=O) groups excluding carboxylic acids is 1. The van der Waals surface area contributed by atoms with Gasteiger partial charge in [-0.25, -0.2) is 14.1 Å². The molecule has 156 valence electrons. The second-order valence-corrected chi connectivity index (χ2v) is 7.12. The Kier molecular flexibility index (Phi) is 5.50. The fraction of sp³-hybridized carbons (Fsp3) is 0. The van der Waals surface area contributed by atoms with E-state index >= 15 is 0 Å². The van der Waals surface area contributed by atoms with Crippen LogP contribution < -0.4 is 16.2 Å². The third-order valence-corrected chi connectivity index (χ3v) is 5.11. The topological polar surface area (TPSA) is 109 Å². The van der Waals surface area contributed by atoms with Crippen molar-refractivity contribution >= 4 is 34.9 Å². The van der Waals surface area contributed by atoms with E-state index in [1.54, 1.807) is 24.3 Å². The number of amides is 1. The highest BCUT2D eigenvalue weighted by atomic mass is 35.5. The highest BCUT2D eigenvalue weighted by Crippen LogP contribution is 2.36. The van der Waals surface area contributed by atoms with Gasteiger partial charge in [0.1, 0.15) is 27.3 Å². The fourth-order valence-electron chi connectivity index (χ4n) is 2.93. The summed E-state index contributed by atoms with van der Waals surface area (Å²) >= 11 is 12.4. The first-order chi connectivity index (χ1) is 14.9. The molecule has 0 radical (unpaired) electrons. The summed E-state index contributed by atoms with van der Waals surface area (Å²) in [5, 5.41) is 4.47. The van der Waals surface area contributed by atoms with Crippen LogP contribution in [0.5, 0.6) is 11.5 Å². The number of benzene rings is 2. The quantitative estimate of drug-likeness (QED) is 0.444. The lowest BCUT2D eigenvalue weighted by Gasteiger charge is -2.10. The van der Waals surface area contributed by atoms with E-state index in [1.807, 2.05) is 6.07 Å². The zero-order chi connectivity index (χ0) is 22.1. The predicted octanol–water partition coefficient (Wildman–Crippen LogP) is 4.85. The minimum Gasteiger partial charge on any atom is -0.453 e. The average Bonchev–Trinajstić information content (AvgIpc) is 3.10. The molecule has 7 nitrogen and oxygen atoms in total. The van der Waals surface area contributed by atoms with E-state index in [0.717, 1.165) is 6.07 Å². The molecule has 0 aliphatic heterocycles. The van der Waals surface area contributed by atoms with Crippen molar-refractivity contribution in [2.75, 3.05) is 5.73 Å². The van der Waals surface area contributed by atoms with E-state index in [0.29, 0.717) is 5.69 Å². The van der Waals surface area contributed by atoms with Crippen LogP contribution in [0.3, 0.4) is 0 Å². The monoisotopic (exact) mass is 457 g/mol. The lowest BCUT2D eigenvalue weighted by atomic mass is 10.1. The highest BCUT2D eigenvalue weighted by molar-refractivity contribution is 6.34. The van der Waals surface area contributed by atoms with E-state index < -0.39 is 11.7 Å². The van der Waals surface area contributed by atoms with Crippen molar-refractivity contribution in [3.63, 3.8) is 0 Å². The number of primary amides is 1. The second kappa shape index (κ2) is 8.25. The lowest BCUT2D eigenvalue weighted by molar-refractivity contribution is 0.100. The van der Waals surface area contributed by atoms with Crippen LogP contribution in [0, 0.1) is 5.82 Å². The van der Waals surface area contributed by atoms with Gasteiger partial charge in [-0.15, -0.1) is 0 Å². The van der Waals surface area contributed by atoms with Crippen molar-refractivity contribution in [1.82, 2.24) is 14.8 Å². The molecule has 4 aromatic rings. The van der Waals surface area contributed by atoms with Crippen LogP contribution in [0.4, 0.5) is 10.2 Å². The second-order valence-electron chi connectivity index (χ2n) is 6.38. The van der Waals surface area contributed by atoms with E-state index in [9.17, 15) is 9.18 Å². The summed E-state index contributed by atoms with van der Waals surface area (Å²) in [7, 11) is 0. The molecular weight excluding hydrogens is 444 g/mol. The Hall–Kier alpha value is -3.62. The number of nitrogens with two attached hydrogens (primary N) is 2. The lowest BCUT2D eigenvalue weighted by Crippen LogP contribution is -2.12. The minimum absolute atomic E-state index is 0.0217. The van der Waals surface area contributed by atoms with Crippen LogP contribution in [-0.2, 0) is 0 Å². The van der Waals surface area contributed by atoms with Gasteiger partial charge in [0.15, 0.2) is 17.3 Å². The number of ether oxygens (including phenoxy) is 1. The van der Waals surface area contributed by atoms with Gasteiger partial charge < -0.3 is 16.2 Å². The molecule has 0 unspecified atom stereocenters. The third kappa shape index (κ3) is 3.90. The first-order valence-corrected chi connectivity index (χ1v) is 9.64. The van der Waals surface area contributed by atoms with Crippen molar-refractivity contribution in [3.05, 3.63) is 82.4 Å². The molecule has 4 rings (SSSR count). The van der Waals surface area contributed by atoms with Crippen molar-refractivity contribution in [3.8, 4) is 28.4 Å². The highest BCUT2D eigenvalue weighted by Gasteiger charge is 2.24. The zero-order valence-corrected chi connectivity index (χ0v) is 17.2. The molecule has 0 atom stereocenters. The Balaban J connectivity index is 1.76. The van der Waals surface area contributed by atoms with Crippen molar-refractivity contribution in [2.45, 2.75) is 0 Å². The van der Waals surface area contributed by atoms with Gasteiger partial charge in [-0.1, -0.05) is 41.4 Å². The fourth-order valence-corrected chi connectivity index (χ4v) is 3.40. The molecule has 0 bridgehead atoms. The van der Waals surface area contributed by atoms with E-state index in [4.69, 9.17) is 39.4 Å². The number of aromatic nitrogens is 3. The Morgan fingerprint density at radius 2 is 1.81 bits per heavy atom. The molecule has 0 fully saturated rings. The van der Waals surface area contributed by atoms with Crippen LogP contribution >= 0.6 is 23.2 Å². The van der Waals surface area contributed by atoms with Crippen molar-refractivity contribution in [1.29, 1.82) is 0 Å². The van der Waals surface area contributed by atoms with E-state index in [-0.39, 0.29) is 44.3 Å². The summed E-state index contributed by atoms with van der Waals surface area (Å²) in [5.74, 6) is -1.41. The maximum atomic E-state index is 14.8. The van der Waals surface area contributed by atoms with Gasteiger partial charge in [0.2, 0.25) is 0 Å². The first-order valence-electron chi connectivity index (χ1n) is 8.88. The minimum atomic E-state index is -0.790. The molecular formula is C21H14Cl2FN5O2. The Morgan fingerprint density at radius 3 is 2.48 bits per heavy atom. The van der Waals surface area contributed by atoms with Crippen LogP contribution in [0.2, 0.25) is 10.2 Å². The summed E-state index contributed by atoms with van der Waals surface area (Å²) in [6, 6.07) is 14.4. The molecule has 0 aliphatic carbocycles. The number of para-hydroxylation sites is 1. The molecule has 31 heavy (non-hydrogen) atoms. The average molecular weight is 458 g/mol. The Morgan fingerprint density at radius 1 is 1.06 bits per heavy atom. The number of rotatable bonds is 5. The molecule has 10 heteroatoms. The van der Waals surface area contributed by atoms with Gasteiger partial charge in [0, 0.05) is 17.8 Å². The maximum absolute atomic E-state index is 14.8. The molecule has 2 aromatic carbocycles. The number of anilines is 1. The number of pyridine rings is 1. The van der Waals surface area contributed by atoms with Gasteiger partial charge in [0.25, 0.3) is 5.91 Å². The summed E-state index contributed by atoms with van der Waals surface area (Å²) in [5.41, 5.74) is 12.2. The smallest absolute Gasteiger partial charge is 0.254 e. The van der Waals surface area contributed by atoms with Gasteiger partial charge in [0.05, 0.1) is 5.69 Å². The third-order valence-electron chi connectivity index (χ3n) is 4.38. The molecule has 4 N–H and O–H groups in total. The first kappa shape index (κ1) is 20.6. The predicted molar refractivity (Wildman–Crippen MR) is 116 cm³/mol. The number of carbonyl (C=O) groups is 1. The Labute approximate surface area is 186 Å². The number of hydrogen-bond acceptors (Lipinski definition) is 5. The molecule has 0 spiro atoms. The summed E-state index contributed by atoms with van der Waals surface area (Å²) in [6.07, 6.45) is 1.39. The number of halogens is 3. The van der Waals surface area contributed by atoms with Gasteiger partial charge in [-0.05, 0) is 30.3 Å².